The van der Waals surface area contributed by atoms with Gasteiger partial charge in [-0.05, 0) is 38.6 Å². The van der Waals surface area contributed by atoms with Gasteiger partial charge in [0.2, 0.25) is 0 Å². The minimum absolute atomic E-state index is 0.528. The normalized spacial score (nSPS) is 30.5. The molecular weight excluding hydrogens is 150 g/mol. The maximum atomic E-state index is 5.62. The monoisotopic (exact) mass is 171 g/mol. The van der Waals surface area contributed by atoms with Crippen molar-refractivity contribution in [1.82, 2.24) is 0 Å². The molecule has 1 aliphatic rings. The van der Waals surface area contributed by atoms with Crippen LogP contribution >= 0.6 is 0 Å². The Kier molecular flexibility index (Phi) is 4.62. The molecule has 0 heterocycles. The van der Waals surface area contributed by atoms with Gasteiger partial charge in [-0.25, -0.2) is 0 Å². The first-order valence-corrected chi connectivity index (χ1v) is 5.18. The van der Waals surface area contributed by atoms with E-state index >= 15 is 0 Å². The second-order valence-corrected chi connectivity index (χ2v) is 3.69. The van der Waals surface area contributed by atoms with Crippen molar-refractivity contribution < 1.29 is 4.74 Å². The van der Waals surface area contributed by atoms with Gasteiger partial charge in [-0.1, -0.05) is 12.8 Å². The van der Waals surface area contributed by atoms with Crippen LogP contribution in [-0.4, -0.2) is 19.3 Å². The molecule has 2 heteroatoms. The Labute approximate surface area is 75.5 Å². The van der Waals surface area contributed by atoms with Crippen molar-refractivity contribution in [3.8, 4) is 0 Å². The van der Waals surface area contributed by atoms with E-state index in [4.69, 9.17) is 10.5 Å². The molecule has 0 bridgehead atoms. The zero-order chi connectivity index (χ0) is 8.81. The lowest BCUT2D eigenvalue weighted by Gasteiger charge is -2.28. The van der Waals surface area contributed by atoms with E-state index in [1.807, 2.05) is 0 Å². The molecule has 0 aliphatic heterocycles. The minimum atomic E-state index is 0.528. The number of nitrogens with two attached hydrogens (primary N) is 1. The highest BCUT2D eigenvalue weighted by Crippen LogP contribution is 2.28. The van der Waals surface area contributed by atoms with Gasteiger partial charge < -0.3 is 10.5 Å². The summed E-state index contributed by atoms with van der Waals surface area (Å²) in [5, 5.41) is 0. The van der Waals surface area contributed by atoms with Crippen molar-refractivity contribution >= 4 is 0 Å². The maximum Gasteiger partial charge on any atom is 0.0577 e. The van der Waals surface area contributed by atoms with Crippen LogP contribution in [0, 0.1) is 5.92 Å². The van der Waals surface area contributed by atoms with Gasteiger partial charge in [0.1, 0.15) is 0 Å². The van der Waals surface area contributed by atoms with Gasteiger partial charge in [-0.15, -0.1) is 0 Å². The zero-order valence-electron chi connectivity index (χ0n) is 8.09. The summed E-state index contributed by atoms with van der Waals surface area (Å²) in [5.41, 5.74) is 5.54. The average molecular weight is 171 g/mol. The van der Waals surface area contributed by atoms with Crippen LogP contribution in [-0.2, 0) is 4.74 Å². The van der Waals surface area contributed by atoms with Crippen LogP contribution < -0.4 is 5.73 Å². The molecule has 0 spiro atoms. The Morgan fingerprint density at radius 1 is 1.42 bits per heavy atom. The molecule has 1 aliphatic carbocycles. The summed E-state index contributed by atoms with van der Waals surface area (Å²) in [6.45, 7) is 3.77. The Morgan fingerprint density at radius 3 is 2.92 bits per heavy atom. The maximum absolute atomic E-state index is 5.62. The van der Waals surface area contributed by atoms with Crippen molar-refractivity contribution in [2.75, 3.05) is 13.2 Å². The first-order valence-electron chi connectivity index (χ1n) is 5.18. The highest BCUT2D eigenvalue weighted by Gasteiger charge is 2.21. The van der Waals surface area contributed by atoms with Gasteiger partial charge in [0.05, 0.1) is 6.10 Å². The summed E-state index contributed by atoms with van der Waals surface area (Å²) in [7, 11) is 0. The second kappa shape index (κ2) is 5.55. The molecular formula is C10H21NO. The third-order valence-corrected chi connectivity index (χ3v) is 2.71. The Bertz CT molecular complexity index is 100. The van der Waals surface area contributed by atoms with Crippen LogP contribution in [0.4, 0.5) is 0 Å². The summed E-state index contributed by atoms with van der Waals surface area (Å²) in [6.07, 6.45) is 6.90. The first kappa shape index (κ1) is 10.0. The summed E-state index contributed by atoms with van der Waals surface area (Å²) in [6, 6.07) is 0. The van der Waals surface area contributed by atoms with Crippen LogP contribution in [0.25, 0.3) is 0 Å². The van der Waals surface area contributed by atoms with Gasteiger partial charge in [-0.2, -0.15) is 0 Å². The summed E-state index contributed by atoms with van der Waals surface area (Å²) >= 11 is 0. The van der Waals surface area contributed by atoms with Crippen LogP contribution in [0.15, 0.2) is 0 Å². The fourth-order valence-corrected chi connectivity index (χ4v) is 2.13. The average Bonchev–Trinajstić information content (AvgIpc) is 2.06. The predicted octanol–water partition coefficient (Wildman–Crippen LogP) is 1.93. The van der Waals surface area contributed by atoms with Gasteiger partial charge in [0.15, 0.2) is 0 Å². The standard InChI is InChI=1S/C10H21NO/c1-2-12-10-5-3-4-9(8-10)6-7-11/h9-10H,2-8,11H2,1H3. The predicted molar refractivity (Wildman–Crippen MR) is 51.0 cm³/mol. The van der Waals surface area contributed by atoms with Crippen LogP contribution in [0.3, 0.4) is 0 Å². The molecule has 0 aromatic carbocycles. The summed E-state index contributed by atoms with van der Waals surface area (Å²) in [5.74, 6) is 0.834. The van der Waals surface area contributed by atoms with Gasteiger partial charge in [0.25, 0.3) is 0 Å². The second-order valence-electron chi connectivity index (χ2n) is 3.69. The lowest BCUT2D eigenvalue weighted by Crippen LogP contribution is -2.24. The number of hydrogen-bond donors (Lipinski definition) is 1. The molecule has 1 saturated carbocycles. The first-order chi connectivity index (χ1) is 5.86. The van der Waals surface area contributed by atoms with Gasteiger partial charge >= 0.3 is 0 Å². The quantitative estimate of drug-likeness (QED) is 0.701. The lowest BCUT2D eigenvalue weighted by atomic mass is 9.85. The largest absolute Gasteiger partial charge is 0.378 e. The van der Waals surface area contributed by atoms with E-state index < -0.39 is 0 Å². The van der Waals surface area contributed by atoms with E-state index in [1.165, 1.54) is 32.1 Å². The number of hydrogen-bond acceptors (Lipinski definition) is 2. The molecule has 2 N–H and O–H groups in total. The Morgan fingerprint density at radius 2 is 2.25 bits per heavy atom. The smallest absolute Gasteiger partial charge is 0.0577 e. The third-order valence-electron chi connectivity index (χ3n) is 2.71. The molecule has 0 radical (unpaired) electrons. The topological polar surface area (TPSA) is 35.2 Å². The van der Waals surface area contributed by atoms with E-state index in [-0.39, 0.29) is 0 Å². The number of ether oxygens (including phenoxy) is 1. The molecule has 0 aromatic heterocycles. The van der Waals surface area contributed by atoms with E-state index in [1.54, 1.807) is 0 Å². The lowest BCUT2D eigenvalue weighted by molar-refractivity contribution is 0.0195. The highest BCUT2D eigenvalue weighted by atomic mass is 16.5. The van der Waals surface area contributed by atoms with Crippen molar-refractivity contribution in [2.45, 2.75) is 45.1 Å². The van der Waals surface area contributed by atoms with E-state index in [2.05, 4.69) is 6.92 Å². The van der Waals surface area contributed by atoms with Crippen molar-refractivity contribution in [2.24, 2.45) is 11.7 Å². The van der Waals surface area contributed by atoms with Gasteiger partial charge in [-0.3, -0.25) is 0 Å². The molecule has 72 valence electrons. The summed E-state index contributed by atoms with van der Waals surface area (Å²) < 4.78 is 5.62. The van der Waals surface area contributed by atoms with Crippen LogP contribution in [0.5, 0.6) is 0 Å². The van der Waals surface area contributed by atoms with Gasteiger partial charge in [0, 0.05) is 6.61 Å². The van der Waals surface area contributed by atoms with E-state index in [0.29, 0.717) is 6.10 Å². The van der Waals surface area contributed by atoms with Crippen molar-refractivity contribution in [3.63, 3.8) is 0 Å². The van der Waals surface area contributed by atoms with Crippen LogP contribution in [0.1, 0.15) is 39.0 Å². The van der Waals surface area contributed by atoms with Crippen LogP contribution in [0.2, 0.25) is 0 Å². The fourth-order valence-electron chi connectivity index (χ4n) is 2.13. The number of rotatable bonds is 4. The SMILES string of the molecule is CCOC1CCCC(CCN)C1. The van der Waals surface area contributed by atoms with E-state index in [9.17, 15) is 0 Å². The molecule has 2 atom stereocenters. The highest BCUT2D eigenvalue weighted by molar-refractivity contribution is 4.73. The Balaban J connectivity index is 2.20. The Hall–Kier alpha value is -0.0800. The molecule has 0 saturated heterocycles. The molecule has 2 unspecified atom stereocenters. The molecule has 12 heavy (non-hydrogen) atoms. The minimum Gasteiger partial charge on any atom is -0.378 e. The molecule has 0 aromatic rings. The zero-order valence-corrected chi connectivity index (χ0v) is 8.09. The summed E-state index contributed by atoms with van der Waals surface area (Å²) in [4.78, 5) is 0. The van der Waals surface area contributed by atoms with Crippen molar-refractivity contribution in [1.29, 1.82) is 0 Å². The fraction of sp³-hybridized carbons (Fsp3) is 1.00. The molecule has 2 nitrogen and oxygen atoms in total. The molecule has 1 fully saturated rings. The third kappa shape index (κ3) is 3.11. The van der Waals surface area contributed by atoms with Crippen molar-refractivity contribution in [3.05, 3.63) is 0 Å². The van der Waals surface area contributed by atoms with E-state index in [0.717, 1.165) is 19.1 Å². The molecule has 1 rings (SSSR count). The molecule has 0 amide bonds.